The number of nitrogens with zero attached hydrogens (tertiary/aromatic N) is 1. The Balaban J connectivity index is 3.01. The SMILES string of the molecule is CCN(CC)C(C)(CC)C(N)Cc1c(F)cccc1Cl. The maximum Gasteiger partial charge on any atom is 0.127 e. The maximum atomic E-state index is 13.9. The minimum Gasteiger partial charge on any atom is -0.326 e. The largest absolute Gasteiger partial charge is 0.326 e. The summed E-state index contributed by atoms with van der Waals surface area (Å²) >= 11 is 6.11. The molecule has 0 fully saturated rings. The lowest BCUT2D eigenvalue weighted by Gasteiger charge is -2.44. The Hall–Kier alpha value is -0.640. The van der Waals surface area contributed by atoms with Crippen LogP contribution in [0.2, 0.25) is 5.02 Å². The first kappa shape index (κ1) is 17.4. The van der Waals surface area contributed by atoms with E-state index < -0.39 is 0 Å². The highest BCUT2D eigenvalue weighted by molar-refractivity contribution is 6.31. The van der Waals surface area contributed by atoms with Gasteiger partial charge in [0.25, 0.3) is 0 Å². The summed E-state index contributed by atoms with van der Waals surface area (Å²) in [7, 11) is 0. The number of hydrogen-bond acceptors (Lipinski definition) is 2. The van der Waals surface area contributed by atoms with Gasteiger partial charge < -0.3 is 5.73 Å². The van der Waals surface area contributed by atoms with Gasteiger partial charge in [-0.1, -0.05) is 38.4 Å². The zero-order valence-corrected chi connectivity index (χ0v) is 13.7. The van der Waals surface area contributed by atoms with E-state index in [1.807, 2.05) is 0 Å². The average Bonchev–Trinajstić information content (AvgIpc) is 2.43. The third kappa shape index (κ3) is 3.51. The van der Waals surface area contributed by atoms with Gasteiger partial charge in [-0.25, -0.2) is 4.39 Å². The Kier molecular flexibility index (Phi) is 6.44. The van der Waals surface area contributed by atoms with E-state index in [9.17, 15) is 4.39 Å². The lowest BCUT2D eigenvalue weighted by molar-refractivity contribution is 0.0842. The quantitative estimate of drug-likeness (QED) is 0.828. The molecule has 20 heavy (non-hydrogen) atoms. The summed E-state index contributed by atoms with van der Waals surface area (Å²) in [6, 6.07) is 4.61. The van der Waals surface area contributed by atoms with E-state index in [0.717, 1.165) is 19.5 Å². The third-order valence-corrected chi connectivity index (χ3v) is 4.84. The smallest absolute Gasteiger partial charge is 0.127 e. The van der Waals surface area contributed by atoms with Crippen molar-refractivity contribution >= 4 is 11.6 Å². The molecule has 0 saturated heterocycles. The third-order valence-electron chi connectivity index (χ3n) is 4.49. The topological polar surface area (TPSA) is 29.3 Å². The lowest BCUT2D eigenvalue weighted by Crippen LogP contribution is -2.58. The zero-order chi connectivity index (χ0) is 15.3. The molecule has 0 aliphatic carbocycles. The van der Waals surface area contributed by atoms with Gasteiger partial charge in [0.1, 0.15) is 5.82 Å². The molecule has 0 amide bonds. The molecule has 0 heterocycles. The molecule has 1 rings (SSSR count). The molecular weight excluding hydrogens is 275 g/mol. The molecule has 4 heteroatoms. The molecular formula is C16H26ClFN2. The predicted molar refractivity (Wildman–Crippen MR) is 84.7 cm³/mol. The highest BCUT2D eigenvalue weighted by atomic mass is 35.5. The molecule has 0 bridgehead atoms. The summed E-state index contributed by atoms with van der Waals surface area (Å²) in [5, 5.41) is 0.457. The fourth-order valence-corrected chi connectivity index (χ4v) is 3.07. The van der Waals surface area contributed by atoms with Crippen molar-refractivity contribution in [1.82, 2.24) is 4.90 Å². The van der Waals surface area contributed by atoms with Gasteiger partial charge in [-0.15, -0.1) is 0 Å². The van der Waals surface area contributed by atoms with Gasteiger partial charge in [-0.3, -0.25) is 4.90 Å². The van der Waals surface area contributed by atoms with Gasteiger partial charge in [-0.2, -0.15) is 0 Å². The zero-order valence-electron chi connectivity index (χ0n) is 12.9. The molecule has 2 unspecified atom stereocenters. The number of benzene rings is 1. The Bertz CT molecular complexity index is 414. The molecule has 0 radical (unpaired) electrons. The molecule has 0 aliphatic rings. The van der Waals surface area contributed by atoms with Gasteiger partial charge in [-0.05, 0) is 45.0 Å². The van der Waals surface area contributed by atoms with E-state index in [-0.39, 0.29) is 17.4 Å². The second-order valence-electron chi connectivity index (χ2n) is 5.39. The molecule has 1 aromatic carbocycles. The van der Waals surface area contributed by atoms with Crippen LogP contribution in [-0.2, 0) is 6.42 Å². The summed E-state index contributed by atoms with van der Waals surface area (Å²) < 4.78 is 13.9. The van der Waals surface area contributed by atoms with Crippen LogP contribution < -0.4 is 5.73 Å². The summed E-state index contributed by atoms with van der Waals surface area (Å²) in [5.74, 6) is -0.272. The van der Waals surface area contributed by atoms with Crippen molar-refractivity contribution in [3.05, 3.63) is 34.6 Å². The van der Waals surface area contributed by atoms with Crippen LogP contribution in [-0.4, -0.2) is 29.6 Å². The molecule has 2 nitrogen and oxygen atoms in total. The van der Waals surface area contributed by atoms with Crippen LogP contribution in [0, 0.1) is 5.82 Å². The van der Waals surface area contributed by atoms with Gasteiger partial charge in [0.05, 0.1) is 0 Å². The van der Waals surface area contributed by atoms with E-state index in [2.05, 4.69) is 32.6 Å². The van der Waals surface area contributed by atoms with E-state index in [1.54, 1.807) is 12.1 Å². The average molecular weight is 301 g/mol. The number of likely N-dealkylation sites (N-methyl/N-ethyl adjacent to an activating group) is 1. The molecule has 0 spiro atoms. The van der Waals surface area contributed by atoms with Crippen molar-refractivity contribution in [3.8, 4) is 0 Å². The van der Waals surface area contributed by atoms with Gasteiger partial charge >= 0.3 is 0 Å². The van der Waals surface area contributed by atoms with Crippen molar-refractivity contribution in [2.45, 2.75) is 52.1 Å². The highest BCUT2D eigenvalue weighted by Gasteiger charge is 2.35. The van der Waals surface area contributed by atoms with Crippen LogP contribution in [0.5, 0.6) is 0 Å². The standard InChI is InChI=1S/C16H26ClFN2/c1-5-16(4,20(6-2)7-3)15(19)11-12-13(17)9-8-10-14(12)18/h8-10,15H,5-7,11,19H2,1-4H3. The van der Waals surface area contributed by atoms with Crippen molar-refractivity contribution in [3.63, 3.8) is 0 Å². The predicted octanol–water partition coefficient (Wildman–Crippen LogP) is 3.86. The highest BCUT2D eigenvalue weighted by Crippen LogP contribution is 2.28. The van der Waals surface area contributed by atoms with Crippen LogP contribution in [0.1, 0.15) is 39.7 Å². The Morgan fingerprint density at radius 1 is 1.30 bits per heavy atom. The normalized spacial score (nSPS) is 16.2. The fourth-order valence-electron chi connectivity index (χ4n) is 2.83. The Morgan fingerprint density at radius 3 is 2.35 bits per heavy atom. The van der Waals surface area contributed by atoms with E-state index in [0.29, 0.717) is 17.0 Å². The van der Waals surface area contributed by atoms with E-state index >= 15 is 0 Å². The van der Waals surface area contributed by atoms with Gasteiger partial charge in [0.2, 0.25) is 0 Å². The minimum absolute atomic E-state index is 0.158. The van der Waals surface area contributed by atoms with E-state index in [4.69, 9.17) is 17.3 Å². The van der Waals surface area contributed by atoms with Crippen molar-refractivity contribution in [1.29, 1.82) is 0 Å². The van der Waals surface area contributed by atoms with Gasteiger partial charge in [0, 0.05) is 22.2 Å². The number of rotatable bonds is 7. The van der Waals surface area contributed by atoms with E-state index in [1.165, 1.54) is 6.07 Å². The number of nitrogens with two attached hydrogens (primary N) is 1. The van der Waals surface area contributed by atoms with Crippen molar-refractivity contribution in [2.75, 3.05) is 13.1 Å². The van der Waals surface area contributed by atoms with Crippen LogP contribution in [0.4, 0.5) is 4.39 Å². The van der Waals surface area contributed by atoms with Crippen LogP contribution in [0.25, 0.3) is 0 Å². The molecule has 114 valence electrons. The second-order valence-corrected chi connectivity index (χ2v) is 5.80. The Labute approximate surface area is 127 Å². The molecule has 1 aromatic rings. The molecule has 0 aromatic heterocycles. The first-order chi connectivity index (χ1) is 9.40. The molecule has 0 saturated carbocycles. The molecule has 2 N–H and O–H groups in total. The van der Waals surface area contributed by atoms with Crippen molar-refractivity contribution in [2.24, 2.45) is 5.73 Å². The van der Waals surface area contributed by atoms with Crippen molar-refractivity contribution < 1.29 is 4.39 Å². The fraction of sp³-hybridized carbons (Fsp3) is 0.625. The van der Waals surface area contributed by atoms with Crippen LogP contribution >= 0.6 is 11.6 Å². The number of halogens is 2. The summed E-state index contributed by atoms with van der Waals surface area (Å²) in [4.78, 5) is 2.34. The lowest BCUT2D eigenvalue weighted by atomic mass is 9.84. The minimum atomic E-state index is -0.272. The van der Waals surface area contributed by atoms with Crippen LogP contribution in [0.15, 0.2) is 18.2 Å². The van der Waals surface area contributed by atoms with Gasteiger partial charge in [0.15, 0.2) is 0 Å². The maximum absolute atomic E-state index is 13.9. The van der Waals surface area contributed by atoms with Crippen LogP contribution in [0.3, 0.4) is 0 Å². The first-order valence-corrected chi connectivity index (χ1v) is 7.71. The summed E-state index contributed by atoms with van der Waals surface area (Å²) in [5.41, 5.74) is 6.78. The summed E-state index contributed by atoms with van der Waals surface area (Å²) in [6.45, 7) is 10.4. The first-order valence-electron chi connectivity index (χ1n) is 7.34. The second kappa shape index (κ2) is 7.39. The molecule has 2 atom stereocenters. The monoisotopic (exact) mass is 300 g/mol. The Morgan fingerprint density at radius 2 is 1.90 bits per heavy atom. The number of hydrogen-bond donors (Lipinski definition) is 1. The summed E-state index contributed by atoms with van der Waals surface area (Å²) in [6.07, 6.45) is 1.37. The molecule has 0 aliphatic heterocycles.